The van der Waals surface area contributed by atoms with Crippen molar-refractivity contribution in [2.45, 2.75) is 6.92 Å². The van der Waals surface area contributed by atoms with Gasteiger partial charge in [-0.05, 0) is 104 Å². The molecule has 7 heteroatoms. The number of halogens is 2. The Labute approximate surface area is 208 Å². The summed E-state index contributed by atoms with van der Waals surface area (Å²) in [4.78, 5) is 0. The van der Waals surface area contributed by atoms with E-state index >= 15 is 0 Å². The molecular formula is C26H22Cl2N2O2S. The highest BCUT2D eigenvalue weighted by Crippen LogP contribution is 2.25. The Morgan fingerprint density at radius 2 is 0.970 bits per heavy atom. The van der Waals surface area contributed by atoms with E-state index in [4.69, 9.17) is 50.6 Å². The van der Waals surface area contributed by atoms with E-state index in [1.165, 1.54) is 5.56 Å². The van der Waals surface area contributed by atoms with Crippen molar-refractivity contribution in [1.82, 2.24) is 0 Å². The normalized spacial score (nSPS) is 9.91. The lowest BCUT2D eigenvalue weighted by Gasteiger charge is -2.07. The molecule has 0 bridgehead atoms. The quantitative estimate of drug-likeness (QED) is 0.272. The van der Waals surface area contributed by atoms with Crippen molar-refractivity contribution in [3.63, 3.8) is 0 Å². The van der Waals surface area contributed by atoms with Crippen LogP contribution in [-0.2, 0) is 0 Å². The van der Waals surface area contributed by atoms with Crippen LogP contribution in [-0.4, -0.2) is 5.11 Å². The molecule has 4 rings (SSSR count). The van der Waals surface area contributed by atoms with Crippen molar-refractivity contribution in [3.05, 3.63) is 113 Å². The van der Waals surface area contributed by atoms with Gasteiger partial charge in [-0.15, -0.1) is 0 Å². The van der Waals surface area contributed by atoms with Crippen LogP contribution in [0.25, 0.3) is 0 Å². The molecule has 0 unspecified atom stereocenters. The van der Waals surface area contributed by atoms with Gasteiger partial charge in [0.25, 0.3) is 0 Å². The maximum Gasteiger partial charge on any atom is 0.168 e. The number of anilines is 1. The summed E-state index contributed by atoms with van der Waals surface area (Å²) in [7, 11) is 0. The molecule has 0 radical (unpaired) electrons. The van der Waals surface area contributed by atoms with Crippen LogP contribution in [0.3, 0.4) is 0 Å². The molecule has 0 saturated heterocycles. The highest BCUT2D eigenvalue weighted by atomic mass is 35.5. The summed E-state index contributed by atoms with van der Waals surface area (Å²) in [5.41, 5.74) is 7.42. The molecule has 0 amide bonds. The van der Waals surface area contributed by atoms with Crippen LogP contribution in [0, 0.1) is 6.92 Å². The fraction of sp³-hybridized carbons (Fsp3) is 0.0385. The van der Waals surface area contributed by atoms with Crippen LogP contribution < -0.4 is 20.5 Å². The van der Waals surface area contributed by atoms with E-state index in [-0.39, 0.29) is 5.11 Å². The summed E-state index contributed by atoms with van der Waals surface area (Å²) >= 11 is 16.3. The lowest BCUT2D eigenvalue weighted by Crippen LogP contribution is -2.18. The largest absolute Gasteiger partial charge is 0.457 e. The van der Waals surface area contributed by atoms with E-state index in [2.05, 4.69) is 5.32 Å². The molecular weight excluding hydrogens is 475 g/mol. The minimum absolute atomic E-state index is 0.237. The zero-order valence-corrected chi connectivity index (χ0v) is 20.1. The van der Waals surface area contributed by atoms with Crippen LogP contribution in [0.15, 0.2) is 97.1 Å². The van der Waals surface area contributed by atoms with Gasteiger partial charge in [0.2, 0.25) is 0 Å². The number of ether oxygens (including phenoxy) is 2. The van der Waals surface area contributed by atoms with Gasteiger partial charge in [0.1, 0.15) is 23.0 Å². The van der Waals surface area contributed by atoms with Crippen LogP contribution in [0.2, 0.25) is 10.0 Å². The Morgan fingerprint density at radius 3 is 1.33 bits per heavy atom. The summed E-state index contributed by atoms with van der Waals surface area (Å²) in [6.45, 7) is 2.05. The van der Waals surface area contributed by atoms with E-state index in [9.17, 15) is 0 Å². The van der Waals surface area contributed by atoms with E-state index in [1.807, 2.05) is 91.9 Å². The number of thiocarbonyl (C=S) groups is 1. The topological polar surface area (TPSA) is 56.5 Å². The molecule has 3 N–H and O–H groups in total. The van der Waals surface area contributed by atoms with E-state index in [1.54, 1.807) is 12.1 Å². The molecule has 4 aromatic rings. The van der Waals surface area contributed by atoms with Crippen molar-refractivity contribution in [1.29, 1.82) is 0 Å². The lowest BCUT2D eigenvalue weighted by molar-refractivity contribution is 0.482. The molecule has 0 aliphatic carbocycles. The lowest BCUT2D eigenvalue weighted by atomic mass is 10.2. The zero-order valence-electron chi connectivity index (χ0n) is 17.8. The first-order chi connectivity index (χ1) is 15.9. The Balaban J connectivity index is 0.000000189. The van der Waals surface area contributed by atoms with Crippen LogP contribution in [0.4, 0.5) is 5.69 Å². The van der Waals surface area contributed by atoms with Crippen LogP contribution >= 0.6 is 35.4 Å². The molecule has 0 atom stereocenters. The number of hydrogen-bond acceptors (Lipinski definition) is 3. The Kier molecular flexibility index (Phi) is 8.95. The Hall–Kier alpha value is -3.25. The minimum atomic E-state index is 0.237. The molecule has 0 aliphatic heterocycles. The summed E-state index contributed by atoms with van der Waals surface area (Å²) in [5, 5.41) is 4.47. The third kappa shape index (κ3) is 8.66. The number of aryl methyl sites for hydroxylation is 1. The number of hydrogen-bond donors (Lipinski definition) is 2. The Morgan fingerprint density at radius 1 is 0.636 bits per heavy atom. The number of benzene rings is 4. The molecule has 0 spiro atoms. The van der Waals surface area contributed by atoms with Gasteiger partial charge in [-0.1, -0.05) is 40.9 Å². The third-order valence-corrected chi connectivity index (χ3v) is 4.85. The average Bonchev–Trinajstić information content (AvgIpc) is 2.80. The second-order valence-corrected chi connectivity index (χ2v) is 8.25. The van der Waals surface area contributed by atoms with E-state index in [0.29, 0.717) is 10.0 Å². The average molecular weight is 497 g/mol. The highest BCUT2D eigenvalue weighted by molar-refractivity contribution is 7.80. The smallest absolute Gasteiger partial charge is 0.168 e. The minimum Gasteiger partial charge on any atom is -0.457 e. The fourth-order valence-corrected chi connectivity index (χ4v) is 3.00. The SMILES string of the molecule is Cc1ccc(Oc2ccc(Cl)cc2)cc1.NC(=S)Nc1ccc(Oc2ccc(Cl)cc2)cc1. The highest BCUT2D eigenvalue weighted by Gasteiger charge is 1.99. The molecule has 4 nitrogen and oxygen atoms in total. The van der Waals surface area contributed by atoms with Gasteiger partial charge in [0.05, 0.1) is 0 Å². The third-order valence-electron chi connectivity index (χ3n) is 4.24. The number of nitrogens with one attached hydrogen (secondary N) is 1. The summed E-state index contributed by atoms with van der Waals surface area (Å²) in [6.07, 6.45) is 0. The molecule has 4 aromatic carbocycles. The molecule has 0 aliphatic rings. The van der Waals surface area contributed by atoms with Gasteiger partial charge >= 0.3 is 0 Å². The summed E-state index contributed by atoms with van der Waals surface area (Å²) in [6, 6.07) is 29.8. The zero-order chi connectivity index (χ0) is 23.6. The molecule has 0 heterocycles. The maximum absolute atomic E-state index is 5.80. The molecule has 0 fully saturated rings. The second-order valence-electron chi connectivity index (χ2n) is 6.94. The monoisotopic (exact) mass is 496 g/mol. The van der Waals surface area contributed by atoms with Gasteiger partial charge in [-0.3, -0.25) is 0 Å². The van der Waals surface area contributed by atoms with Crippen molar-refractivity contribution in [3.8, 4) is 23.0 Å². The molecule has 168 valence electrons. The van der Waals surface area contributed by atoms with Gasteiger partial charge < -0.3 is 20.5 Å². The van der Waals surface area contributed by atoms with Crippen LogP contribution in [0.1, 0.15) is 5.56 Å². The van der Waals surface area contributed by atoms with Crippen molar-refractivity contribution >= 4 is 46.2 Å². The summed E-state index contributed by atoms with van der Waals surface area (Å²) < 4.78 is 11.3. The molecule has 0 saturated carbocycles. The number of nitrogens with two attached hydrogens (primary N) is 1. The fourth-order valence-electron chi connectivity index (χ4n) is 2.63. The van der Waals surface area contributed by atoms with Crippen molar-refractivity contribution < 1.29 is 9.47 Å². The van der Waals surface area contributed by atoms with Crippen molar-refractivity contribution in [2.75, 3.05) is 5.32 Å². The maximum atomic E-state index is 5.80. The molecule has 33 heavy (non-hydrogen) atoms. The Bertz CT molecular complexity index is 1120. The second kappa shape index (κ2) is 12.1. The number of rotatable bonds is 5. The van der Waals surface area contributed by atoms with E-state index in [0.717, 1.165) is 28.7 Å². The predicted molar refractivity (Wildman–Crippen MR) is 141 cm³/mol. The van der Waals surface area contributed by atoms with Gasteiger partial charge in [-0.2, -0.15) is 0 Å². The predicted octanol–water partition coefficient (Wildman–Crippen LogP) is 8.23. The van der Waals surface area contributed by atoms with E-state index < -0.39 is 0 Å². The molecule has 0 aromatic heterocycles. The van der Waals surface area contributed by atoms with Gasteiger partial charge in [-0.25, -0.2) is 0 Å². The van der Waals surface area contributed by atoms with Gasteiger partial charge in [0, 0.05) is 15.7 Å². The first kappa shape index (κ1) is 24.4. The first-order valence-electron chi connectivity index (χ1n) is 9.97. The van der Waals surface area contributed by atoms with Crippen molar-refractivity contribution in [2.24, 2.45) is 5.73 Å². The first-order valence-corrected chi connectivity index (χ1v) is 11.1. The van der Waals surface area contributed by atoms with Gasteiger partial charge in [0.15, 0.2) is 5.11 Å². The summed E-state index contributed by atoms with van der Waals surface area (Å²) in [5.74, 6) is 3.09. The standard InChI is InChI=1S/C13H11ClN2OS.C13H11ClO/c14-9-1-5-11(6-2-9)17-12-7-3-10(4-8-12)16-13(15)18;1-10-2-6-12(7-3-10)15-13-8-4-11(14)5-9-13/h1-8H,(H3,15,16,18);2-9H,1H3. The van der Waals surface area contributed by atoms with Crippen LogP contribution in [0.5, 0.6) is 23.0 Å².